The molecule has 7 heteroatoms. The molecule has 94 valence electrons. The van der Waals surface area contributed by atoms with Crippen LogP contribution in [0.3, 0.4) is 0 Å². The van der Waals surface area contributed by atoms with E-state index in [1.54, 1.807) is 43.4 Å². The lowest BCUT2D eigenvalue weighted by Gasteiger charge is -2.24. The lowest BCUT2D eigenvalue weighted by molar-refractivity contribution is -0.0867. The molecule has 0 unspecified atom stereocenters. The highest BCUT2D eigenvalue weighted by Gasteiger charge is 2.39. The van der Waals surface area contributed by atoms with Gasteiger partial charge in [-0.05, 0) is 43.4 Å². The average Bonchev–Trinajstić information content (AvgIpc) is 1.97. The standard InChI is InChI=1S/C9H15F3IN3/c1-8(2,3)16-6(13)5(7(14)15-4)9(10,11)12/h16H,1-4H3,(H2,14,15)/b6-5+. The fourth-order valence-electron chi connectivity index (χ4n) is 0.886. The van der Waals surface area contributed by atoms with E-state index < -0.39 is 23.1 Å². The van der Waals surface area contributed by atoms with Crippen molar-refractivity contribution in [1.82, 2.24) is 5.32 Å². The predicted octanol–water partition coefficient (Wildman–Crippen LogP) is 2.57. The molecular weight excluding hydrogens is 334 g/mol. The number of nitrogens with zero attached hydrogens (tertiary/aromatic N) is 1. The van der Waals surface area contributed by atoms with E-state index in [0.717, 1.165) is 0 Å². The molecule has 0 amide bonds. The summed E-state index contributed by atoms with van der Waals surface area (Å²) in [5.74, 6) is -0.520. The molecule has 0 rings (SSSR count). The average molecular weight is 349 g/mol. The number of hydrogen-bond donors (Lipinski definition) is 2. The third kappa shape index (κ3) is 5.04. The molecular formula is C9H15F3IN3. The van der Waals surface area contributed by atoms with Gasteiger partial charge in [-0.25, -0.2) is 0 Å². The van der Waals surface area contributed by atoms with E-state index in [1.165, 1.54) is 7.05 Å². The molecule has 0 aromatic heterocycles. The first-order valence-corrected chi connectivity index (χ1v) is 5.54. The Kier molecular flexibility index (Phi) is 5.09. The quantitative estimate of drug-likeness (QED) is 0.349. The van der Waals surface area contributed by atoms with Gasteiger partial charge in [0.25, 0.3) is 0 Å². The van der Waals surface area contributed by atoms with Crippen LogP contribution in [0.4, 0.5) is 13.2 Å². The molecule has 0 fully saturated rings. The Morgan fingerprint density at radius 2 is 1.69 bits per heavy atom. The Balaban J connectivity index is 5.41. The highest BCUT2D eigenvalue weighted by atomic mass is 127. The fourth-order valence-corrected chi connectivity index (χ4v) is 2.28. The topological polar surface area (TPSA) is 50.4 Å². The van der Waals surface area contributed by atoms with Crippen molar-refractivity contribution in [1.29, 1.82) is 0 Å². The number of alkyl halides is 3. The minimum Gasteiger partial charge on any atom is -0.383 e. The Morgan fingerprint density at radius 3 is 1.94 bits per heavy atom. The van der Waals surface area contributed by atoms with Crippen molar-refractivity contribution in [2.24, 2.45) is 10.7 Å². The molecule has 0 atom stereocenters. The second-order valence-electron chi connectivity index (χ2n) is 4.17. The summed E-state index contributed by atoms with van der Waals surface area (Å²) >= 11 is 1.58. The maximum Gasteiger partial charge on any atom is 0.422 e. The third-order valence-corrected chi connectivity index (χ3v) is 2.29. The van der Waals surface area contributed by atoms with Crippen molar-refractivity contribution in [3.05, 3.63) is 9.28 Å². The van der Waals surface area contributed by atoms with Crippen molar-refractivity contribution < 1.29 is 13.2 Å². The van der Waals surface area contributed by atoms with Gasteiger partial charge in [-0.1, -0.05) is 0 Å². The number of rotatable bonds is 2. The largest absolute Gasteiger partial charge is 0.422 e. The van der Waals surface area contributed by atoms with E-state index in [-0.39, 0.29) is 3.70 Å². The monoisotopic (exact) mass is 349 g/mol. The zero-order chi connectivity index (χ0) is 13.1. The van der Waals surface area contributed by atoms with Gasteiger partial charge in [0.05, 0.1) is 3.70 Å². The minimum absolute atomic E-state index is 0.0549. The second kappa shape index (κ2) is 5.24. The normalized spacial score (nSPS) is 15.9. The predicted molar refractivity (Wildman–Crippen MR) is 67.5 cm³/mol. The number of amidine groups is 1. The van der Waals surface area contributed by atoms with Crippen LogP contribution in [0.2, 0.25) is 0 Å². The Morgan fingerprint density at radius 1 is 1.25 bits per heavy atom. The summed E-state index contributed by atoms with van der Waals surface area (Å²) in [5, 5.41) is 2.73. The number of aliphatic imine (C=N–C) groups is 1. The highest BCUT2D eigenvalue weighted by molar-refractivity contribution is 14.1. The van der Waals surface area contributed by atoms with E-state index in [0.29, 0.717) is 0 Å². The summed E-state index contributed by atoms with van der Waals surface area (Å²) in [5.41, 5.74) is 3.85. The lowest BCUT2D eigenvalue weighted by atomic mass is 10.1. The summed E-state index contributed by atoms with van der Waals surface area (Å²) in [7, 11) is 1.22. The minimum atomic E-state index is -4.52. The van der Waals surface area contributed by atoms with Gasteiger partial charge >= 0.3 is 6.18 Å². The lowest BCUT2D eigenvalue weighted by Crippen LogP contribution is -2.38. The van der Waals surface area contributed by atoms with Crippen molar-refractivity contribution in [2.45, 2.75) is 32.5 Å². The van der Waals surface area contributed by atoms with Crippen molar-refractivity contribution >= 4 is 28.4 Å². The van der Waals surface area contributed by atoms with Gasteiger partial charge in [0.1, 0.15) is 11.4 Å². The second-order valence-corrected chi connectivity index (χ2v) is 5.25. The first-order valence-electron chi connectivity index (χ1n) is 4.47. The SMILES string of the molecule is CN=C(N)/C(=C(/I)NC(C)(C)C)C(F)(F)F. The van der Waals surface area contributed by atoms with Gasteiger partial charge < -0.3 is 11.1 Å². The van der Waals surface area contributed by atoms with Crippen LogP contribution in [-0.4, -0.2) is 24.6 Å². The molecule has 0 aliphatic heterocycles. The molecule has 0 heterocycles. The van der Waals surface area contributed by atoms with Gasteiger partial charge in [-0.3, -0.25) is 4.99 Å². The van der Waals surface area contributed by atoms with E-state index in [2.05, 4.69) is 10.3 Å². The molecule has 0 aliphatic rings. The maximum atomic E-state index is 12.7. The highest BCUT2D eigenvalue weighted by Crippen LogP contribution is 2.30. The number of nitrogens with one attached hydrogen (secondary N) is 1. The molecule has 3 N–H and O–H groups in total. The summed E-state index contributed by atoms with van der Waals surface area (Å²) in [4.78, 5) is 3.38. The van der Waals surface area contributed by atoms with Gasteiger partial charge in [0.2, 0.25) is 0 Å². The van der Waals surface area contributed by atoms with Gasteiger partial charge in [0.15, 0.2) is 0 Å². The Labute approximate surface area is 107 Å². The van der Waals surface area contributed by atoms with Crippen LogP contribution in [0.5, 0.6) is 0 Å². The first-order chi connectivity index (χ1) is 6.99. The number of hydrogen-bond acceptors (Lipinski definition) is 2. The van der Waals surface area contributed by atoms with Crippen molar-refractivity contribution in [2.75, 3.05) is 7.05 Å². The number of nitrogens with two attached hydrogens (primary N) is 1. The van der Waals surface area contributed by atoms with Crippen molar-refractivity contribution in [3.8, 4) is 0 Å². The van der Waals surface area contributed by atoms with Crippen LogP contribution in [0.1, 0.15) is 20.8 Å². The number of halogens is 4. The van der Waals surface area contributed by atoms with Crippen LogP contribution in [0, 0.1) is 0 Å². The molecule has 3 nitrogen and oxygen atoms in total. The van der Waals surface area contributed by atoms with E-state index >= 15 is 0 Å². The summed E-state index contributed by atoms with van der Waals surface area (Å²) in [6.07, 6.45) is -4.52. The van der Waals surface area contributed by atoms with Gasteiger partial charge in [0, 0.05) is 12.6 Å². The smallest absolute Gasteiger partial charge is 0.383 e. The Hall–Kier alpha value is -0.470. The van der Waals surface area contributed by atoms with Crippen LogP contribution in [-0.2, 0) is 0 Å². The molecule has 16 heavy (non-hydrogen) atoms. The molecule has 0 bridgehead atoms. The molecule has 0 aromatic carbocycles. The van der Waals surface area contributed by atoms with Crippen LogP contribution in [0.15, 0.2) is 14.3 Å². The molecule has 0 aromatic rings. The molecule has 0 saturated carbocycles. The van der Waals surface area contributed by atoms with Crippen molar-refractivity contribution in [3.63, 3.8) is 0 Å². The maximum absolute atomic E-state index is 12.7. The zero-order valence-corrected chi connectivity index (χ0v) is 11.7. The fraction of sp³-hybridized carbons (Fsp3) is 0.667. The van der Waals surface area contributed by atoms with E-state index in [1.807, 2.05) is 0 Å². The molecule has 0 saturated heterocycles. The Bertz CT molecular complexity index is 313. The summed E-state index contributed by atoms with van der Waals surface area (Å²) < 4.78 is 38.1. The molecule has 0 spiro atoms. The van der Waals surface area contributed by atoms with E-state index in [9.17, 15) is 13.2 Å². The third-order valence-electron chi connectivity index (χ3n) is 1.48. The van der Waals surface area contributed by atoms with Gasteiger partial charge in [-0.2, -0.15) is 13.2 Å². The zero-order valence-electron chi connectivity index (χ0n) is 9.54. The molecule has 0 aliphatic carbocycles. The van der Waals surface area contributed by atoms with Gasteiger partial charge in [-0.15, -0.1) is 0 Å². The van der Waals surface area contributed by atoms with Crippen LogP contribution < -0.4 is 11.1 Å². The van der Waals surface area contributed by atoms with Crippen LogP contribution >= 0.6 is 22.6 Å². The summed E-state index contributed by atoms with van der Waals surface area (Å²) in [6.45, 7) is 5.29. The van der Waals surface area contributed by atoms with Crippen LogP contribution in [0.25, 0.3) is 0 Å². The first kappa shape index (κ1) is 15.5. The summed E-state index contributed by atoms with van der Waals surface area (Å²) in [6, 6.07) is 0. The molecule has 0 radical (unpaired) electrons. The van der Waals surface area contributed by atoms with E-state index in [4.69, 9.17) is 5.73 Å².